The maximum Gasteiger partial charge on any atom is 0.191 e. The van der Waals surface area contributed by atoms with Gasteiger partial charge in [0.15, 0.2) is 5.96 Å². The minimum Gasteiger partial charge on any atom is -0.376 e. The Labute approximate surface area is 190 Å². The van der Waals surface area contributed by atoms with Crippen LogP contribution in [-0.4, -0.2) is 46.0 Å². The Bertz CT molecular complexity index is 772. The molecule has 0 bridgehead atoms. The van der Waals surface area contributed by atoms with Crippen LogP contribution in [0.5, 0.6) is 0 Å². The van der Waals surface area contributed by atoms with Crippen LogP contribution in [0.15, 0.2) is 35.6 Å². The van der Waals surface area contributed by atoms with Gasteiger partial charge in [-0.25, -0.2) is 4.99 Å². The first kappa shape index (κ1) is 23.6. The van der Waals surface area contributed by atoms with E-state index in [2.05, 4.69) is 70.4 Å². The van der Waals surface area contributed by atoms with Gasteiger partial charge in [-0.15, -0.1) is 34.2 Å². The summed E-state index contributed by atoms with van der Waals surface area (Å²) in [6.45, 7) is 9.43. The fourth-order valence-corrected chi connectivity index (χ4v) is 3.44. The van der Waals surface area contributed by atoms with Crippen molar-refractivity contribution in [1.29, 1.82) is 0 Å². The fourth-order valence-electron chi connectivity index (χ4n) is 3.44. The van der Waals surface area contributed by atoms with Crippen LogP contribution in [0.2, 0.25) is 0 Å². The van der Waals surface area contributed by atoms with Crippen molar-refractivity contribution >= 4 is 29.9 Å². The van der Waals surface area contributed by atoms with Gasteiger partial charge in [-0.1, -0.05) is 31.2 Å². The molecule has 3 rings (SSSR count). The van der Waals surface area contributed by atoms with Crippen molar-refractivity contribution in [3.63, 3.8) is 0 Å². The van der Waals surface area contributed by atoms with Gasteiger partial charge in [-0.2, -0.15) is 0 Å². The fraction of sp³-hybridized carbons (Fsp3) is 0.571. The summed E-state index contributed by atoms with van der Waals surface area (Å²) in [5.74, 6) is 1.82. The second-order valence-electron chi connectivity index (χ2n) is 7.30. The van der Waals surface area contributed by atoms with Crippen LogP contribution < -0.4 is 10.6 Å². The number of guanidine groups is 1. The van der Waals surface area contributed by atoms with Gasteiger partial charge >= 0.3 is 0 Å². The Hall–Kier alpha value is -1.68. The summed E-state index contributed by atoms with van der Waals surface area (Å²) in [6.07, 6.45) is 5.14. The zero-order valence-electron chi connectivity index (χ0n) is 17.6. The number of aryl methyl sites for hydroxylation is 2. The summed E-state index contributed by atoms with van der Waals surface area (Å²) in [4.78, 5) is 4.83. The molecule has 160 valence electrons. The first-order valence-electron chi connectivity index (χ1n) is 10.2. The van der Waals surface area contributed by atoms with Gasteiger partial charge in [0.1, 0.15) is 12.2 Å². The van der Waals surface area contributed by atoms with Crippen molar-refractivity contribution in [2.24, 2.45) is 4.99 Å². The van der Waals surface area contributed by atoms with Gasteiger partial charge in [0.2, 0.25) is 0 Å². The van der Waals surface area contributed by atoms with E-state index in [4.69, 9.17) is 9.73 Å². The van der Waals surface area contributed by atoms with Crippen LogP contribution in [-0.2, 0) is 24.2 Å². The molecule has 2 heterocycles. The molecule has 0 spiro atoms. The number of rotatable bonds is 8. The van der Waals surface area contributed by atoms with Gasteiger partial charge in [0, 0.05) is 26.1 Å². The van der Waals surface area contributed by atoms with E-state index in [1.165, 1.54) is 11.1 Å². The Kier molecular flexibility index (Phi) is 9.86. The molecule has 1 aromatic carbocycles. The highest BCUT2D eigenvalue weighted by atomic mass is 127. The van der Waals surface area contributed by atoms with E-state index in [9.17, 15) is 0 Å². The number of benzene rings is 1. The minimum atomic E-state index is 0. The van der Waals surface area contributed by atoms with Crippen molar-refractivity contribution in [2.75, 3.05) is 13.2 Å². The third-order valence-corrected chi connectivity index (χ3v) is 5.21. The predicted octanol–water partition coefficient (Wildman–Crippen LogP) is 3.07. The molecule has 2 aromatic rings. The number of hydrogen-bond donors (Lipinski definition) is 2. The number of nitrogens with zero attached hydrogens (tertiary/aromatic N) is 4. The van der Waals surface area contributed by atoms with Crippen molar-refractivity contribution in [1.82, 2.24) is 25.4 Å². The number of nitrogens with one attached hydrogen (secondary N) is 2. The highest BCUT2D eigenvalue weighted by Crippen LogP contribution is 2.15. The Morgan fingerprint density at radius 3 is 2.93 bits per heavy atom. The molecule has 2 unspecified atom stereocenters. The Morgan fingerprint density at radius 2 is 2.21 bits per heavy atom. The minimum absolute atomic E-state index is 0. The van der Waals surface area contributed by atoms with Gasteiger partial charge in [-0.05, 0) is 37.8 Å². The molecule has 7 nitrogen and oxygen atoms in total. The van der Waals surface area contributed by atoms with Crippen LogP contribution >= 0.6 is 24.0 Å². The van der Waals surface area contributed by atoms with E-state index in [-0.39, 0.29) is 36.1 Å². The van der Waals surface area contributed by atoms with E-state index in [0.717, 1.165) is 50.7 Å². The lowest BCUT2D eigenvalue weighted by Crippen LogP contribution is -2.47. The molecule has 1 fully saturated rings. The van der Waals surface area contributed by atoms with E-state index in [0.29, 0.717) is 6.54 Å². The zero-order valence-corrected chi connectivity index (χ0v) is 19.9. The lowest BCUT2D eigenvalue weighted by atomic mass is 10.1. The number of ether oxygens (including phenoxy) is 1. The summed E-state index contributed by atoms with van der Waals surface area (Å²) >= 11 is 0. The third kappa shape index (κ3) is 6.95. The SMILES string of the molecule is CCc1nncn1CCNC(=NCc1ccccc1C)NC(C)C1CCCO1.I. The summed E-state index contributed by atoms with van der Waals surface area (Å²) in [5.41, 5.74) is 2.50. The summed E-state index contributed by atoms with van der Waals surface area (Å²) in [5, 5.41) is 15.1. The molecule has 8 heteroatoms. The third-order valence-electron chi connectivity index (χ3n) is 5.21. The van der Waals surface area contributed by atoms with E-state index < -0.39 is 0 Å². The van der Waals surface area contributed by atoms with E-state index in [1.54, 1.807) is 6.33 Å². The number of halogens is 1. The van der Waals surface area contributed by atoms with E-state index >= 15 is 0 Å². The van der Waals surface area contributed by atoms with Crippen molar-refractivity contribution in [3.05, 3.63) is 47.5 Å². The van der Waals surface area contributed by atoms with Crippen LogP contribution in [0.25, 0.3) is 0 Å². The van der Waals surface area contributed by atoms with Crippen LogP contribution in [0.3, 0.4) is 0 Å². The molecule has 0 saturated carbocycles. The van der Waals surface area contributed by atoms with Gasteiger partial charge < -0.3 is 19.9 Å². The Balaban J connectivity index is 0.00000300. The summed E-state index contributed by atoms with van der Waals surface area (Å²) < 4.78 is 7.90. The molecular formula is C21H33IN6O. The molecule has 1 aliphatic heterocycles. The molecule has 0 amide bonds. The molecule has 29 heavy (non-hydrogen) atoms. The molecular weight excluding hydrogens is 479 g/mol. The van der Waals surface area contributed by atoms with Crippen LogP contribution in [0.1, 0.15) is 43.6 Å². The van der Waals surface area contributed by atoms with Crippen molar-refractivity contribution in [2.45, 2.75) is 65.3 Å². The lowest BCUT2D eigenvalue weighted by molar-refractivity contribution is 0.0890. The quantitative estimate of drug-likeness (QED) is 0.323. The molecule has 0 aliphatic carbocycles. The van der Waals surface area contributed by atoms with Gasteiger partial charge in [0.25, 0.3) is 0 Å². The van der Waals surface area contributed by atoms with Gasteiger partial charge in [-0.3, -0.25) is 0 Å². The smallest absolute Gasteiger partial charge is 0.191 e. The molecule has 1 saturated heterocycles. The number of aliphatic imine (C=N–C) groups is 1. The van der Waals surface area contributed by atoms with E-state index in [1.807, 2.05) is 0 Å². The van der Waals surface area contributed by atoms with Gasteiger partial charge in [0.05, 0.1) is 18.7 Å². The highest BCUT2D eigenvalue weighted by molar-refractivity contribution is 14.0. The topological polar surface area (TPSA) is 76.4 Å². The predicted molar refractivity (Wildman–Crippen MR) is 127 cm³/mol. The van der Waals surface area contributed by atoms with Crippen LogP contribution in [0.4, 0.5) is 0 Å². The first-order valence-corrected chi connectivity index (χ1v) is 10.2. The normalized spacial score (nSPS) is 17.6. The zero-order chi connectivity index (χ0) is 19.8. The number of aromatic nitrogens is 3. The average Bonchev–Trinajstić information content (AvgIpc) is 3.38. The van der Waals surface area contributed by atoms with Crippen molar-refractivity contribution < 1.29 is 4.74 Å². The largest absolute Gasteiger partial charge is 0.376 e. The summed E-state index contributed by atoms with van der Waals surface area (Å²) in [7, 11) is 0. The standard InChI is InChI=1S/C21H32N6O.HI/c1-4-20-26-24-15-27(20)12-11-22-21(25-17(3)19-10-7-13-28-19)23-14-18-9-6-5-8-16(18)2;/h5-6,8-9,15,17,19H,4,7,10-14H2,1-3H3,(H2,22,23,25);1H. The molecule has 2 N–H and O–H groups in total. The molecule has 1 aromatic heterocycles. The maximum absolute atomic E-state index is 5.83. The first-order chi connectivity index (χ1) is 13.7. The van der Waals surface area contributed by atoms with Crippen LogP contribution in [0, 0.1) is 6.92 Å². The molecule has 1 aliphatic rings. The number of hydrogen-bond acceptors (Lipinski definition) is 4. The van der Waals surface area contributed by atoms with Crippen molar-refractivity contribution in [3.8, 4) is 0 Å². The Morgan fingerprint density at radius 1 is 1.38 bits per heavy atom. The molecule has 2 atom stereocenters. The highest BCUT2D eigenvalue weighted by Gasteiger charge is 2.23. The summed E-state index contributed by atoms with van der Waals surface area (Å²) in [6, 6.07) is 8.59. The lowest BCUT2D eigenvalue weighted by Gasteiger charge is -2.23. The average molecular weight is 512 g/mol. The monoisotopic (exact) mass is 512 g/mol. The molecule has 0 radical (unpaired) electrons. The maximum atomic E-state index is 5.83. The second kappa shape index (κ2) is 12.1. The second-order valence-corrected chi connectivity index (χ2v) is 7.30.